The van der Waals surface area contributed by atoms with E-state index in [0.717, 1.165) is 28.6 Å². The predicted molar refractivity (Wildman–Crippen MR) is 108 cm³/mol. The van der Waals surface area contributed by atoms with Crippen molar-refractivity contribution in [3.63, 3.8) is 0 Å². The lowest BCUT2D eigenvalue weighted by atomic mass is 10.0. The Kier molecular flexibility index (Phi) is 7.68. The van der Waals surface area contributed by atoms with E-state index in [-0.39, 0.29) is 0 Å². The molecule has 1 aliphatic rings. The minimum atomic E-state index is -2.63. The Morgan fingerprint density at radius 1 is 1.23 bits per heavy atom. The zero-order chi connectivity index (χ0) is 19.3. The molecule has 0 fully saturated rings. The second-order valence-electron chi connectivity index (χ2n) is 5.60. The van der Waals surface area contributed by atoms with E-state index in [2.05, 4.69) is 37.9 Å². The van der Waals surface area contributed by atoms with Gasteiger partial charge in [-0.15, -0.1) is 0 Å². The maximum Gasteiger partial charge on any atom is 0.500 e. The van der Waals surface area contributed by atoms with E-state index in [9.17, 15) is 4.79 Å². The molecule has 0 saturated carbocycles. The summed E-state index contributed by atoms with van der Waals surface area (Å²) in [6.45, 7) is 0.673. The highest BCUT2D eigenvalue weighted by Gasteiger charge is 2.37. The third kappa shape index (κ3) is 4.67. The number of amides is 1. The molecule has 1 aromatic rings. The van der Waals surface area contributed by atoms with Crippen molar-refractivity contribution >= 4 is 52.4 Å². The first kappa shape index (κ1) is 21.4. The van der Waals surface area contributed by atoms with Crippen LogP contribution in [0.5, 0.6) is 5.75 Å². The lowest BCUT2D eigenvalue weighted by Gasteiger charge is -2.31. The molecule has 7 nitrogen and oxygen atoms in total. The molecule has 0 saturated heterocycles. The lowest BCUT2D eigenvalue weighted by Crippen LogP contribution is -2.43. The third-order valence-electron chi connectivity index (χ3n) is 4.17. The molecule has 0 spiro atoms. The van der Waals surface area contributed by atoms with Crippen LogP contribution >= 0.6 is 31.9 Å². The number of carbonyl (C=O) groups excluding carboxylic acids is 1. The topological polar surface area (TPSA) is 83.2 Å². The molecule has 1 amide bonds. The number of fused-ring (bicyclic) bond motifs is 1. The zero-order valence-corrected chi connectivity index (χ0v) is 19.1. The highest BCUT2D eigenvalue weighted by atomic mass is 79.9. The maximum absolute atomic E-state index is 11.3. The normalized spacial score (nSPS) is 13.7. The highest BCUT2D eigenvalue weighted by molar-refractivity contribution is 9.11. The molecule has 0 atom stereocenters. The molecule has 10 heteroatoms. The van der Waals surface area contributed by atoms with Crippen LogP contribution in [0, 0.1) is 0 Å². The van der Waals surface area contributed by atoms with E-state index in [4.69, 9.17) is 23.7 Å². The monoisotopic (exact) mass is 508 g/mol. The number of halogens is 2. The molecule has 0 unspecified atom stereocenters. The Balaban J connectivity index is 2.26. The Bertz CT molecular complexity index is 689. The average Bonchev–Trinajstić information content (AvgIpc) is 2.62. The van der Waals surface area contributed by atoms with Gasteiger partial charge in [-0.05, 0) is 40.4 Å². The van der Waals surface area contributed by atoms with Crippen LogP contribution in [0.25, 0.3) is 0 Å². The van der Waals surface area contributed by atoms with Crippen LogP contribution in [0.15, 0.2) is 27.3 Å². The van der Waals surface area contributed by atoms with Gasteiger partial charge in [-0.25, -0.2) is 4.79 Å². The summed E-state index contributed by atoms with van der Waals surface area (Å²) in [4.78, 5) is 13.4. The molecule has 0 aliphatic carbocycles. The Labute approximate surface area is 171 Å². The number of hydrogen-bond donors (Lipinski definition) is 1. The van der Waals surface area contributed by atoms with Crippen LogP contribution in [0.4, 0.5) is 10.5 Å². The first-order chi connectivity index (χ1) is 12.4. The van der Waals surface area contributed by atoms with Gasteiger partial charge in [0.05, 0.1) is 10.2 Å². The van der Waals surface area contributed by atoms with Crippen molar-refractivity contribution in [2.24, 2.45) is 5.73 Å². The number of primary amides is 1. The molecule has 0 bridgehead atoms. The molecule has 144 valence electrons. The molecule has 1 heterocycles. The summed E-state index contributed by atoms with van der Waals surface area (Å²) in [5, 5.41) is 0. The summed E-state index contributed by atoms with van der Waals surface area (Å²) in [5.41, 5.74) is 7.09. The fourth-order valence-corrected chi connectivity index (χ4v) is 5.99. The van der Waals surface area contributed by atoms with Crippen molar-refractivity contribution in [3.05, 3.63) is 32.9 Å². The first-order valence-electron chi connectivity index (χ1n) is 7.94. The van der Waals surface area contributed by atoms with Crippen LogP contribution in [-0.2, 0) is 19.7 Å². The van der Waals surface area contributed by atoms with E-state index < -0.39 is 14.9 Å². The lowest BCUT2D eigenvalue weighted by molar-refractivity contribution is 0.123. The molecular formula is C16H22Br2N2O5Si. The summed E-state index contributed by atoms with van der Waals surface area (Å²) in [6, 6.07) is 2.52. The second kappa shape index (κ2) is 9.33. The summed E-state index contributed by atoms with van der Waals surface area (Å²) in [6.07, 6.45) is 4.68. The number of hydrogen-bond acceptors (Lipinski definition) is 6. The van der Waals surface area contributed by atoms with Crippen LogP contribution < -0.4 is 15.4 Å². The summed E-state index contributed by atoms with van der Waals surface area (Å²) >= 11 is 7.03. The fourth-order valence-electron chi connectivity index (χ4n) is 2.90. The quantitative estimate of drug-likeness (QED) is 0.536. The maximum atomic E-state index is 11.3. The van der Waals surface area contributed by atoms with Gasteiger partial charge in [0.15, 0.2) is 5.75 Å². The van der Waals surface area contributed by atoms with Crippen molar-refractivity contribution in [1.29, 1.82) is 0 Å². The number of nitrogens with two attached hydrogens (primary N) is 1. The smallest absolute Gasteiger partial charge is 0.407 e. The first-order valence-corrected chi connectivity index (χ1v) is 11.5. The minimum absolute atomic E-state index is 0.411. The minimum Gasteiger partial charge on any atom is -0.407 e. The van der Waals surface area contributed by atoms with Crippen molar-refractivity contribution in [1.82, 2.24) is 0 Å². The van der Waals surface area contributed by atoms with Crippen molar-refractivity contribution in [3.8, 4) is 5.75 Å². The van der Waals surface area contributed by atoms with Crippen molar-refractivity contribution in [2.75, 3.05) is 32.8 Å². The van der Waals surface area contributed by atoms with Gasteiger partial charge in [0, 0.05) is 44.6 Å². The number of allylic oxidation sites excluding steroid dienone is 1. The second-order valence-corrected chi connectivity index (χ2v) is 10.4. The third-order valence-corrected chi connectivity index (χ3v) is 8.30. The van der Waals surface area contributed by atoms with Gasteiger partial charge in [0.2, 0.25) is 0 Å². The van der Waals surface area contributed by atoms with Crippen LogP contribution in [0.3, 0.4) is 0 Å². The van der Waals surface area contributed by atoms with Gasteiger partial charge in [0.1, 0.15) is 0 Å². The zero-order valence-electron chi connectivity index (χ0n) is 14.9. The fraction of sp³-hybridized carbons (Fsp3) is 0.438. The van der Waals surface area contributed by atoms with Crippen molar-refractivity contribution < 1.29 is 22.8 Å². The van der Waals surface area contributed by atoms with Gasteiger partial charge in [-0.3, -0.25) is 0 Å². The number of rotatable bonds is 8. The summed E-state index contributed by atoms with van der Waals surface area (Å²) < 4.78 is 23.3. The number of anilines is 1. The SMILES string of the molecule is CO[Si](CCCN1C=CCc2c(Br)cc(Br)c(OC(N)=O)c21)(OC)OC. The van der Waals surface area contributed by atoms with Gasteiger partial charge in [-0.2, -0.15) is 0 Å². The van der Waals surface area contributed by atoms with E-state index in [1.807, 2.05) is 17.2 Å². The number of carbonyl (C=O) groups is 1. The molecule has 0 radical (unpaired) electrons. The summed E-state index contributed by atoms with van der Waals surface area (Å²) in [5.74, 6) is 0.411. The van der Waals surface area contributed by atoms with Gasteiger partial charge in [-0.1, -0.05) is 22.0 Å². The molecule has 2 N–H and O–H groups in total. The molecule has 1 aromatic carbocycles. The Morgan fingerprint density at radius 3 is 2.46 bits per heavy atom. The summed E-state index contributed by atoms with van der Waals surface area (Å²) in [7, 11) is 2.17. The number of benzene rings is 1. The predicted octanol–water partition coefficient (Wildman–Crippen LogP) is 3.81. The molecule has 26 heavy (non-hydrogen) atoms. The van der Waals surface area contributed by atoms with Crippen molar-refractivity contribution in [2.45, 2.75) is 18.9 Å². The van der Waals surface area contributed by atoms with Gasteiger partial charge < -0.3 is 28.6 Å². The Morgan fingerprint density at radius 2 is 1.88 bits per heavy atom. The van der Waals surface area contributed by atoms with E-state index >= 15 is 0 Å². The van der Waals surface area contributed by atoms with E-state index in [1.54, 1.807) is 21.3 Å². The largest absolute Gasteiger partial charge is 0.500 e. The average molecular weight is 510 g/mol. The van der Waals surface area contributed by atoms with Crippen LogP contribution in [0.2, 0.25) is 6.04 Å². The molecule has 1 aliphatic heterocycles. The van der Waals surface area contributed by atoms with E-state index in [1.165, 1.54) is 0 Å². The number of nitrogens with zero attached hydrogens (tertiary/aromatic N) is 1. The van der Waals surface area contributed by atoms with E-state index in [0.29, 0.717) is 22.8 Å². The standard InChI is InChI=1S/C16H22Br2N2O5Si/c1-22-26(23-2,24-3)9-5-8-20-7-4-6-11-12(17)10-13(18)15(14(11)20)25-16(19)21/h4,7,10H,5-6,8-9H2,1-3H3,(H2,19,21). The van der Waals surface area contributed by atoms with Gasteiger partial charge >= 0.3 is 14.9 Å². The molecule has 2 rings (SSSR count). The Hall–Kier alpha value is -0.913. The highest BCUT2D eigenvalue weighted by Crippen LogP contribution is 2.45. The van der Waals surface area contributed by atoms with Gasteiger partial charge in [0.25, 0.3) is 0 Å². The number of ether oxygens (including phenoxy) is 1. The van der Waals surface area contributed by atoms with Crippen LogP contribution in [-0.4, -0.2) is 42.8 Å². The molecule has 0 aromatic heterocycles. The van der Waals surface area contributed by atoms with Crippen LogP contribution in [0.1, 0.15) is 12.0 Å². The molecular weight excluding hydrogens is 488 g/mol.